The lowest BCUT2D eigenvalue weighted by Crippen LogP contribution is -2.50. The summed E-state index contributed by atoms with van der Waals surface area (Å²) in [6.07, 6.45) is 5.24. The quantitative estimate of drug-likeness (QED) is 0.627. The highest BCUT2D eigenvalue weighted by Crippen LogP contribution is 2.28. The van der Waals surface area contributed by atoms with Crippen molar-refractivity contribution in [1.82, 2.24) is 5.32 Å². The van der Waals surface area contributed by atoms with E-state index in [1.807, 2.05) is 24.3 Å². The Hall–Kier alpha value is -1.61. The number of aryl methyl sites for hydroxylation is 1. The standard InChI is InChI=1S/C16H21NO2/c1-2-3-6-11-17-15(18)16(19)10-9-13-7-4-5-8-14(13)12-16/h2,4-5,7-8,19H,1,3,6,9-12H2,(H,17,18)/t16-/m0/s1. The van der Waals surface area contributed by atoms with E-state index >= 15 is 0 Å². The highest BCUT2D eigenvalue weighted by atomic mass is 16.3. The molecular formula is C16H21NO2. The first kappa shape index (κ1) is 13.8. The van der Waals surface area contributed by atoms with E-state index in [1.165, 1.54) is 5.56 Å². The second kappa shape index (κ2) is 6.02. The molecule has 0 aliphatic heterocycles. The average molecular weight is 259 g/mol. The van der Waals surface area contributed by atoms with Gasteiger partial charge in [0.25, 0.3) is 5.91 Å². The van der Waals surface area contributed by atoms with Gasteiger partial charge in [-0.05, 0) is 36.8 Å². The Bertz CT molecular complexity index is 470. The third-order valence-electron chi connectivity index (χ3n) is 3.70. The Labute approximate surface area is 114 Å². The summed E-state index contributed by atoms with van der Waals surface area (Å²) in [6, 6.07) is 8.01. The molecule has 102 valence electrons. The first-order valence-corrected chi connectivity index (χ1v) is 6.84. The number of hydrogen-bond donors (Lipinski definition) is 2. The van der Waals surface area contributed by atoms with Crippen LogP contribution in [0.1, 0.15) is 30.4 Å². The van der Waals surface area contributed by atoms with Crippen LogP contribution in [0.3, 0.4) is 0 Å². The molecule has 3 heteroatoms. The number of amides is 1. The predicted molar refractivity (Wildman–Crippen MR) is 75.9 cm³/mol. The number of benzene rings is 1. The highest BCUT2D eigenvalue weighted by Gasteiger charge is 2.38. The molecule has 0 bridgehead atoms. The van der Waals surface area contributed by atoms with Gasteiger partial charge in [0.2, 0.25) is 0 Å². The third-order valence-corrected chi connectivity index (χ3v) is 3.70. The minimum atomic E-state index is -1.25. The van der Waals surface area contributed by atoms with Gasteiger partial charge in [0, 0.05) is 13.0 Å². The van der Waals surface area contributed by atoms with E-state index in [4.69, 9.17) is 0 Å². The summed E-state index contributed by atoms with van der Waals surface area (Å²) >= 11 is 0. The fourth-order valence-electron chi connectivity index (χ4n) is 2.53. The topological polar surface area (TPSA) is 49.3 Å². The van der Waals surface area contributed by atoms with E-state index in [9.17, 15) is 9.90 Å². The molecule has 19 heavy (non-hydrogen) atoms. The molecule has 1 aromatic rings. The number of carbonyl (C=O) groups is 1. The summed E-state index contributed by atoms with van der Waals surface area (Å²) < 4.78 is 0. The largest absolute Gasteiger partial charge is 0.380 e. The van der Waals surface area contributed by atoms with Crippen LogP contribution in [-0.4, -0.2) is 23.2 Å². The first-order chi connectivity index (χ1) is 9.15. The number of rotatable bonds is 5. The Kier molecular flexibility index (Phi) is 4.38. The summed E-state index contributed by atoms with van der Waals surface area (Å²) in [5, 5.41) is 13.3. The zero-order chi connectivity index (χ0) is 13.7. The molecule has 3 nitrogen and oxygen atoms in total. The maximum atomic E-state index is 12.1. The normalized spacial score (nSPS) is 21.5. The second-order valence-electron chi connectivity index (χ2n) is 5.16. The van der Waals surface area contributed by atoms with E-state index in [0.29, 0.717) is 19.4 Å². The van der Waals surface area contributed by atoms with Crippen molar-refractivity contribution < 1.29 is 9.90 Å². The molecule has 1 aromatic carbocycles. The van der Waals surface area contributed by atoms with Crippen molar-refractivity contribution in [2.45, 2.75) is 37.7 Å². The Morgan fingerprint density at radius 1 is 1.42 bits per heavy atom. The van der Waals surface area contributed by atoms with Crippen molar-refractivity contribution in [2.24, 2.45) is 0 Å². The molecule has 0 spiro atoms. The van der Waals surface area contributed by atoms with Gasteiger partial charge >= 0.3 is 0 Å². The number of carbonyl (C=O) groups excluding carboxylic acids is 1. The minimum Gasteiger partial charge on any atom is -0.380 e. The molecule has 1 aliphatic carbocycles. The zero-order valence-electron chi connectivity index (χ0n) is 11.2. The van der Waals surface area contributed by atoms with E-state index in [0.717, 1.165) is 24.8 Å². The molecule has 1 atom stereocenters. The lowest BCUT2D eigenvalue weighted by atomic mass is 9.80. The molecule has 0 radical (unpaired) electrons. The molecule has 0 heterocycles. The zero-order valence-corrected chi connectivity index (χ0v) is 11.2. The average Bonchev–Trinajstić information content (AvgIpc) is 2.43. The van der Waals surface area contributed by atoms with Gasteiger partial charge in [0.15, 0.2) is 0 Å². The monoisotopic (exact) mass is 259 g/mol. The fraction of sp³-hybridized carbons (Fsp3) is 0.438. The smallest absolute Gasteiger partial charge is 0.252 e. The minimum absolute atomic E-state index is 0.244. The van der Waals surface area contributed by atoms with Gasteiger partial charge in [-0.1, -0.05) is 30.3 Å². The van der Waals surface area contributed by atoms with E-state index in [2.05, 4.69) is 18.0 Å². The van der Waals surface area contributed by atoms with Gasteiger partial charge in [0.05, 0.1) is 0 Å². The van der Waals surface area contributed by atoms with Gasteiger partial charge in [-0.3, -0.25) is 4.79 Å². The van der Waals surface area contributed by atoms with Crippen LogP contribution in [0, 0.1) is 0 Å². The Balaban J connectivity index is 1.96. The van der Waals surface area contributed by atoms with E-state index in [-0.39, 0.29) is 5.91 Å². The van der Waals surface area contributed by atoms with Crippen LogP contribution >= 0.6 is 0 Å². The van der Waals surface area contributed by atoms with Crippen molar-refractivity contribution in [2.75, 3.05) is 6.54 Å². The van der Waals surface area contributed by atoms with E-state index in [1.54, 1.807) is 0 Å². The lowest BCUT2D eigenvalue weighted by molar-refractivity contribution is -0.140. The van der Waals surface area contributed by atoms with E-state index < -0.39 is 5.60 Å². The van der Waals surface area contributed by atoms with Crippen LogP contribution in [-0.2, 0) is 17.6 Å². The molecule has 1 aliphatic rings. The van der Waals surface area contributed by atoms with Gasteiger partial charge in [0.1, 0.15) is 5.60 Å². The maximum Gasteiger partial charge on any atom is 0.252 e. The van der Waals surface area contributed by atoms with Gasteiger partial charge in [-0.25, -0.2) is 0 Å². The van der Waals surface area contributed by atoms with Crippen LogP contribution in [0.15, 0.2) is 36.9 Å². The van der Waals surface area contributed by atoms with Crippen LogP contribution < -0.4 is 5.32 Å². The molecule has 0 aromatic heterocycles. The van der Waals surface area contributed by atoms with Crippen molar-refractivity contribution >= 4 is 5.91 Å². The van der Waals surface area contributed by atoms with Crippen molar-refractivity contribution in [3.05, 3.63) is 48.0 Å². The van der Waals surface area contributed by atoms with Crippen LogP contribution in [0.5, 0.6) is 0 Å². The number of nitrogens with one attached hydrogen (secondary N) is 1. The van der Waals surface area contributed by atoms with Crippen molar-refractivity contribution in [1.29, 1.82) is 0 Å². The van der Waals surface area contributed by atoms with Gasteiger partial charge in [-0.2, -0.15) is 0 Å². The molecule has 0 saturated heterocycles. The lowest BCUT2D eigenvalue weighted by Gasteiger charge is -2.32. The number of aliphatic hydroxyl groups is 1. The molecular weight excluding hydrogens is 238 g/mol. The summed E-state index contributed by atoms with van der Waals surface area (Å²) in [5.74, 6) is -0.244. The first-order valence-electron chi connectivity index (χ1n) is 6.84. The van der Waals surface area contributed by atoms with Crippen LogP contribution in [0.4, 0.5) is 0 Å². The second-order valence-corrected chi connectivity index (χ2v) is 5.16. The van der Waals surface area contributed by atoms with Gasteiger partial charge in [-0.15, -0.1) is 6.58 Å². The number of fused-ring (bicyclic) bond motifs is 1. The number of unbranched alkanes of at least 4 members (excludes halogenated alkanes) is 1. The van der Waals surface area contributed by atoms with Gasteiger partial charge < -0.3 is 10.4 Å². The fourth-order valence-corrected chi connectivity index (χ4v) is 2.53. The molecule has 0 unspecified atom stereocenters. The highest BCUT2D eigenvalue weighted by molar-refractivity contribution is 5.85. The SMILES string of the molecule is C=CCCCNC(=O)[C@]1(O)CCc2ccccc2C1. The van der Waals surface area contributed by atoms with Crippen LogP contribution in [0.2, 0.25) is 0 Å². The van der Waals surface area contributed by atoms with Crippen LogP contribution in [0.25, 0.3) is 0 Å². The summed E-state index contributed by atoms with van der Waals surface area (Å²) in [5.41, 5.74) is 1.08. The third kappa shape index (κ3) is 3.24. The maximum absolute atomic E-state index is 12.1. The summed E-state index contributed by atoms with van der Waals surface area (Å²) in [7, 11) is 0. The number of allylic oxidation sites excluding steroid dienone is 1. The molecule has 0 fully saturated rings. The summed E-state index contributed by atoms with van der Waals surface area (Å²) in [6.45, 7) is 4.24. The molecule has 2 N–H and O–H groups in total. The number of hydrogen-bond acceptors (Lipinski definition) is 2. The molecule has 0 saturated carbocycles. The van der Waals surface area contributed by atoms with Crippen molar-refractivity contribution in [3.63, 3.8) is 0 Å². The molecule has 2 rings (SSSR count). The van der Waals surface area contributed by atoms with Crippen molar-refractivity contribution in [3.8, 4) is 0 Å². The Morgan fingerprint density at radius 2 is 2.16 bits per heavy atom. The predicted octanol–water partition coefficient (Wildman–Crippen LogP) is 1.99. The Morgan fingerprint density at radius 3 is 2.89 bits per heavy atom. The summed E-state index contributed by atoms with van der Waals surface area (Å²) in [4.78, 5) is 12.1. The molecule has 1 amide bonds.